The third kappa shape index (κ3) is 3.70. The Balaban J connectivity index is 1.74. The summed E-state index contributed by atoms with van der Waals surface area (Å²) in [5.74, 6) is -1.11. The molecule has 1 heterocycles. The fourth-order valence-electron chi connectivity index (χ4n) is 2.86. The molecular weight excluding hydrogens is 352 g/mol. The Labute approximate surface area is 156 Å². The Bertz CT molecular complexity index is 868. The van der Waals surface area contributed by atoms with Crippen LogP contribution in [0.15, 0.2) is 53.8 Å². The summed E-state index contributed by atoms with van der Waals surface area (Å²) >= 11 is 1.60. The van der Waals surface area contributed by atoms with Gasteiger partial charge in [0.25, 0.3) is 0 Å². The van der Waals surface area contributed by atoms with E-state index in [1.165, 1.54) is 0 Å². The number of carbonyl (C=O) groups excluding carboxylic acids is 2. The normalized spacial score (nSPS) is 18.1. The summed E-state index contributed by atoms with van der Waals surface area (Å²) in [6.07, 6.45) is 1.63. The van der Waals surface area contributed by atoms with Gasteiger partial charge in [-0.25, -0.2) is 4.79 Å². The van der Waals surface area contributed by atoms with Crippen LogP contribution < -0.4 is 4.74 Å². The van der Waals surface area contributed by atoms with Crippen LogP contribution in [0.2, 0.25) is 0 Å². The van der Waals surface area contributed by atoms with E-state index in [-0.39, 0.29) is 23.2 Å². The molecule has 1 aliphatic heterocycles. The lowest BCUT2D eigenvalue weighted by atomic mass is 10.1. The number of fused-ring (bicyclic) bond motifs is 1. The van der Waals surface area contributed by atoms with E-state index in [4.69, 9.17) is 9.47 Å². The monoisotopic (exact) mass is 372 g/mol. The van der Waals surface area contributed by atoms with E-state index in [0.29, 0.717) is 12.2 Å². The lowest BCUT2D eigenvalue weighted by Gasteiger charge is -2.13. The second kappa shape index (κ2) is 7.83. The van der Waals surface area contributed by atoms with E-state index in [9.17, 15) is 14.7 Å². The van der Waals surface area contributed by atoms with Crippen LogP contribution in [0.25, 0.3) is 10.8 Å². The average Bonchev–Trinajstić information content (AvgIpc) is 2.92. The molecule has 0 radical (unpaired) electrons. The summed E-state index contributed by atoms with van der Waals surface area (Å²) in [5.41, 5.74) is -0.302. The summed E-state index contributed by atoms with van der Waals surface area (Å²) in [6, 6.07) is 13.2. The number of esters is 1. The maximum atomic E-state index is 12.4. The first-order valence-electron chi connectivity index (χ1n) is 8.32. The Hall–Kier alpha value is -2.47. The Morgan fingerprint density at radius 3 is 2.77 bits per heavy atom. The second-order valence-corrected chi connectivity index (χ2v) is 7.40. The number of hydrogen-bond acceptors (Lipinski definition) is 6. The summed E-state index contributed by atoms with van der Waals surface area (Å²) in [6.45, 7) is 1.63. The van der Waals surface area contributed by atoms with Crippen LogP contribution in [0, 0.1) is 0 Å². The van der Waals surface area contributed by atoms with Crippen LogP contribution in [0.5, 0.6) is 5.75 Å². The zero-order valence-electron chi connectivity index (χ0n) is 14.6. The van der Waals surface area contributed by atoms with Crippen molar-refractivity contribution in [3.63, 3.8) is 0 Å². The van der Waals surface area contributed by atoms with Crippen molar-refractivity contribution in [2.45, 2.75) is 24.7 Å². The molecule has 0 spiro atoms. The quantitative estimate of drug-likeness (QED) is 0.591. The van der Waals surface area contributed by atoms with Gasteiger partial charge < -0.3 is 14.6 Å². The van der Waals surface area contributed by atoms with Crippen LogP contribution in [0.4, 0.5) is 0 Å². The third-order valence-corrected chi connectivity index (χ3v) is 5.35. The van der Waals surface area contributed by atoms with E-state index in [1.54, 1.807) is 17.8 Å². The molecule has 2 unspecified atom stereocenters. The van der Waals surface area contributed by atoms with Crippen molar-refractivity contribution >= 4 is 34.3 Å². The molecule has 0 bridgehead atoms. The number of ketones is 1. The average molecular weight is 372 g/mol. The van der Waals surface area contributed by atoms with Gasteiger partial charge in [0.2, 0.25) is 5.78 Å². The van der Waals surface area contributed by atoms with Crippen LogP contribution in [-0.4, -0.2) is 41.1 Å². The topological polar surface area (TPSA) is 72.8 Å². The molecule has 0 saturated heterocycles. The van der Waals surface area contributed by atoms with Crippen molar-refractivity contribution in [1.82, 2.24) is 0 Å². The van der Waals surface area contributed by atoms with Crippen molar-refractivity contribution in [1.29, 1.82) is 0 Å². The second-order valence-electron chi connectivity index (χ2n) is 6.13. The predicted molar refractivity (Wildman–Crippen MR) is 102 cm³/mol. The molecule has 3 rings (SSSR count). The van der Waals surface area contributed by atoms with Gasteiger partial charge in [0.1, 0.15) is 11.3 Å². The zero-order chi connectivity index (χ0) is 18.7. The Kier molecular flexibility index (Phi) is 5.52. The molecule has 2 aromatic carbocycles. The van der Waals surface area contributed by atoms with Crippen LogP contribution in [0.3, 0.4) is 0 Å². The van der Waals surface area contributed by atoms with E-state index in [2.05, 4.69) is 0 Å². The predicted octanol–water partition coefficient (Wildman–Crippen LogP) is 3.67. The minimum absolute atomic E-state index is 0.191. The van der Waals surface area contributed by atoms with Crippen LogP contribution >= 0.6 is 11.8 Å². The summed E-state index contributed by atoms with van der Waals surface area (Å²) in [5, 5.41) is 12.3. The van der Waals surface area contributed by atoms with E-state index in [1.807, 2.05) is 49.6 Å². The number of thioether (sulfide) groups is 1. The molecule has 0 aliphatic carbocycles. The largest absolute Gasteiger partial charge is 0.507 e. The van der Waals surface area contributed by atoms with Gasteiger partial charge in [0.05, 0.1) is 0 Å². The highest BCUT2D eigenvalue weighted by Crippen LogP contribution is 2.29. The molecule has 2 atom stereocenters. The number of carbonyl (C=O) groups is 2. The molecule has 6 heteroatoms. The molecular formula is C20H20O5S. The van der Waals surface area contributed by atoms with Crippen LogP contribution in [0.1, 0.15) is 13.3 Å². The lowest BCUT2D eigenvalue weighted by Crippen LogP contribution is -2.18. The fourth-order valence-corrected chi connectivity index (χ4v) is 3.23. The highest BCUT2D eigenvalue weighted by molar-refractivity contribution is 7.99. The molecule has 136 valence electrons. The van der Waals surface area contributed by atoms with E-state index in [0.717, 1.165) is 10.8 Å². The van der Waals surface area contributed by atoms with E-state index < -0.39 is 17.9 Å². The maximum Gasteiger partial charge on any atom is 0.346 e. The Morgan fingerprint density at radius 2 is 2.00 bits per heavy atom. The maximum absolute atomic E-state index is 12.4. The first-order chi connectivity index (χ1) is 12.5. The summed E-state index contributed by atoms with van der Waals surface area (Å²) in [4.78, 5) is 24.4. The van der Waals surface area contributed by atoms with Gasteiger partial charge in [-0.2, -0.15) is 11.8 Å². The fraction of sp³-hybridized carbons (Fsp3) is 0.300. The molecule has 0 aromatic heterocycles. The summed E-state index contributed by atoms with van der Waals surface area (Å²) < 4.78 is 10.8. The van der Waals surface area contributed by atoms with Crippen LogP contribution in [-0.2, 0) is 14.3 Å². The Morgan fingerprint density at radius 1 is 1.27 bits per heavy atom. The molecule has 5 nitrogen and oxygen atoms in total. The number of rotatable bonds is 7. The molecule has 0 fully saturated rings. The van der Waals surface area contributed by atoms with Crippen molar-refractivity contribution in [2.75, 3.05) is 12.9 Å². The molecule has 1 aliphatic rings. The lowest BCUT2D eigenvalue weighted by molar-refractivity contribution is -0.141. The van der Waals surface area contributed by atoms with Gasteiger partial charge in [-0.05, 0) is 17.7 Å². The highest BCUT2D eigenvalue weighted by Gasteiger charge is 2.38. The number of aliphatic hydroxyl groups excluding tert-OH is 1. The highest BCUT2D eigenvalue weighted by atomic mass is 32.2. The number of benzene rings is 2. The van der Waals surface area contributed by atoms with Crippen molar-refractivity contribution in [3.8, 4) is 5.75 Å². The number of ether oxygens (including phenoxy) is 2. The number of aliphatic hydroxyl groups is 1. The SMILES string of the molecule is CSC(C)CC1OC(=O)C(C(=O)COc2cccc3ccccc23)=C1O. The third-order valence-electron chi connectivity index (χ3n) is 4.35. The molecule has 26 heavy (non-hydrogen) atoms. The van der Waals surface area contributed by atoms with Gasteiger partial charge in [0, 0.05) is 17.1 Å². The number of Topliss-reactive ketones (excluding diaryl/α,β-unsaturated/α-hetero) is 1. The smallest absolute Gasteiger partial charge is 0.346 e. The molecule has 2 aromatic rings. The van der Waals surface area contributed by atoms with Gasteiger partial charge in [-0.3, -0.25) is 4.79 Å². The minimum atomic E-state index is -0.785. The van der Waals surface area contributed by atoms with Gasteiger partial charge in [0.15, 0.2) is 18.5 Å². The standard InChI is InChI=1S/C20H20O5S/c1-12(26-2)10-17-19(22)18(20(23)25-17)15(21)11-24-16-9-5-7-13-6-3-4-8-14(13)16/h3-9,12,17,22H,10-11H2,1-2H3. The van der Waals surface area contributed by atoms with Gasteiger partial charge >= 0.3 is 5.97 Å². The molecule has 1 N–H and O–H groups in total. The minimum Gasteiger partial charge on any atom is -0.507 e. The van der Waals surface area contributed by atoms with Crippen molar-refractivity contribution in [2.24, 2.45) is 0 Å². The van der Waals surface area contributed by atoms with Crippen molar-refractivity contribution in [3.05, 3.63) is 53.8 Å². The summed E-state index contributed by atoms with van der Waals surface area (Å²) in [7, 11) is 0. The number of hydrogen-bond donors (Lipinski definition) is 1. The molecule has 0 amide bonds. The molecule has 0 saturated carbocycles. The van der Waals surface area contributed by atoms with Crippen molar-refractivity contribution < 1.29 is 24.2 Å². The first kappa shape index (κ1) is 18.3. The first-order valence-corrected chi connectivity index (χ1v) is 9.60. The number of cyclic esters (lactones) is 1. The zero-order valence-corrected chi connectivity index (χ0v) is 15.4. The van der Waals surface area contributed by atoms with E-state index >= 15 is 0 Å². The van der Waals surface area contributed by atoms with Gasteiger partial charge in [-0.15, -0.1) is 0 Å². The van der Waals surface area contributed by atoms with Gasteiger partial charge in [-0.1, -0.05) is 43.3 Å².